The lowest BCUT2D eigenvalue weighted by atomic mass is 9.99. The zero-order valence-corrected chi connectivity index (χ0v) is 20.4. The van der Waals surface area contributed by atoms with Crippen LogP contribution in [0.25, 0.3) is 22.2 Å². The summed E-state index contributed by atoms with van der Waals surface area (Å²) in [6.45, 7) is 6.22. The van der Waals surface area contributed by atoms with Crippen molar-refractivity contribution in [2.24, 2.45) is 4.99 Å². The zero-order chi connectivity index (χ0) is 23.9. The largest absolute Gasteiger partial charge is 0.313 e. The molecule has 34 heavy (non-hydrogen) atoms. The summed E-state index contributed by atoms with van der Waals surface area (Å²) in [7, 11) is 1.81. The molecule has 2 aromatic carbocycles. The van der Waals surface area contributed by atoms with Gasteiger partial charge in [0.05, 0.1) is 5.52 Å². The number of allylic oxidation sites excluding steroid dienone is 6. The summed E-state index contributed by atoms with van der Waals surface area (Å²) >= 11 is 0. The summed E-state index contributed by atoms with van der Waals surface area (Å²) < 4.78 is 2.28. The van der Waals surface area contributed by atoms with E-state index in [2.05, 4.69) is 113 Å². The minimum atomic E-state index is 0.904. The third kappa shape index (κ3) is 4.84. The molecule has 170 valence electrons. The van der Waals surface area contributed by atoms with Crippen molar-refractivity contribution >= 4 is 22.7 Å². The lowest BCUT2D eigenvalue weighted by molar-refractivity contribution is 1.04. The number of hydrogen-bond donors (Lipinski definition) is 0. The molecule has 0 amide bonds. The SMILES string of the molecule is C\C=C/C(=C\C=C\C)c1ccc(Cc2ccc(-n3c(C)c(C=NC)c4cnccc43)cc2)cc1. The summed E-state index contributed by atoms with van der Waals surface area (Å²) in [5.41, 5.74) is 9.62. The van der Waals surface area contributed by atoms with Gasteiger partial charge in [0.1, 0.15) is 0 Å². The van der Waals surface area contributed by atoms with Gasteiger partial charge in [-0.15, -0.1) is 0 Å². The first-order valence-electron chi connectivity index (χ1n) is 11.7. The highest BCUT2D eigenvalue weighted by Crippen LogP contribution is 2.28. The molecule has 0 spiro atoms. The summed E-state index contributed by atoms with van der Waals surface area (Å²) in [6.07, 6.45) is 17.1. The highest BCUT2D eigenvalue weighted by molar-refractivity contribution is 6.01. The minimum absolute atomic E-state index is 0.904. The molecule has 0 atom stereocenters. The van der Waals surface area contributed by atoms with Crippen molar-refractivity contribution in [1.29, 1.82) is 0 Å². The lowest BCUT2D eigenvalue weighted by Crippen LogP contribution is -1.98. The molecule has 4 aromatic rings. The molecule has 0 aliphatic heterocycles. The van der Waals surface area contributed by atoms with Crippen molar-refractivity contribution in [3.63, 3.8) is 0 Å². The number of aliphatic imine (C=N–C) groups is 1. The van der Waals surface area contributed by atoms with E-state index in [1.807, 2.05) is 25.5 Å². The second-order valence-corrected chi connectivity index (χ2v) is 8.30. The van der Waals surface area contributed by atoms with Crippen molar-refractivity contribution < 1.29 is 0 Å². The maximum Gasteiger partial charge on any atom is 0.0569 e. The molecule has 2 heterocycles. The van der Waals surface area contributed by atoms with Crippen LogP contribution in [0.2, 0.25) is 0 Å². The van der Waals surface area contributed by atoms with E-state index in [9.17, 15) is 0 Å². The fraction of sp³-hybridized carbons (Fsp3) is 0.161. The summed E-state index contributed by atoms with van der Waals surface area (Å²) in [5, 5.41) is 1.12. The first kappa shape index (κ1) is 23.2. The number of aromatic nitrogens is 2. The Morgan fingerprint density at radius 3 is 2.29 bits per heavy atom. The predicted octanol–water partition coefficient (Wildman–Crippen LogP) is 7.51. The molecule has 0 unspecified atom stereocenters. The van der Waals surface area contributed by atoms with Gasteiger partial charge < -0.3 is 4.57 Å². The Labute approximate surface area is 202 Å². The number of rotatable bonds is 7. The minimum Gasteiger partial charge on any atom is -0.313 e. The summed E-state index contributed by atoms with van der Waals surface area (Å²) in [6, 6.07) is 19.8. The molecule has 0 radical (unpaired) electrons. The molecule has 0 aliphatic carbocycles. The van der Waals surface area contributed by atoms with Crippen LogP contribution in [0.4, 0.5) is 0 Å². The molecule has 3 nitrogen and oxygen atoms in total. The van der Waals surface area contributed by atoms with Gasteiger partial charge in [-0.2, -0.15) is 0 Å². The number of nitrogens with zero attached hydrogens (tertiary/aromatic N) is 3. The Morgan fingerprint density at radius 1 is 0.941 bits per heavy atom. The van der Waals surface area contributed by atoms with Crippen molar-refractivity contribution in [3.8, 4) is 5.69 Å². The Bertz CT molecular complexity index is 1380. The second-order valence-electron chi connectivity index (χ2n) is 8.30. The van der Waals surface area contributed by atoms with E-state index in [1.54, 1.807) is 7.05 Å². The monoisotopic (exact) mass is 445 g/mol. The van der Waals surface area contributed by atoms with E-state index in [-0.39, 0.29) is 0 Å². The van der Waals surface area contributed by atoms with E-state index in [0.29, 0.717) is 0 Å². The number of benzene rings is 2. The van der Waals surface area contributed by atoms with Crippen molar-refractivity contribution in [1.82, 2.24) is 9.55 Å². The van der Waals surface area contributed by atoms with E-state index < -0.39 is 0 Å². The Kier molecular flexibility index (Phi) is 7.34. The van der Waals surface area contributed by atoms with Gasteiger partial charge in [-0.3, -0.25) is 9.98 Å². The maximum atomic E-state index is 4.32. The molecular formula is C31H31N3. The van der Waals surface area contributed by atoms with Crippen LogP contribution in [0.3, 0.4) is 0 Å². The van der Waals surface area contributed by atoms with Gasteiger partial charge in [0.2, 0.25) is 0 Å². The standard InChI is InChI=1S/C31H31N3/c1-5-7-9-26(8-6-2)27-14-10-24(11-15-27)20-25-12-16-28(17-13-25)34-23(3)29(21-32-4)30-22-33-19-18-31(30)34/h5-19,21-22H,20H2,1-4H3/b7-5+,8-6-,26-9+,32-21?. The lowest BCUT2D eigenvalue weighted by Gasteiger charge is -2.10. The summed E-state index contributed by atoms with van der Waals surface area (Å²) in [4.78, 5) is 8.57. The van der Waals surface area contributed by atoms with Crippen LogP contribution in [0.15, 0.2) is 102 Å². The number of pyridine rings is 1. The van der Waals surface area contributed by atoms with E-state index >= 15 is 0 Å². The van der Waals surface area contributed by atoms with Crippen LogP contribution in [0.5, 0.6) is 0 Å². The quantitative estimate of drug-likeness (QED) is 0.214. The predicted molar refractivity (Wildman–Crippen MR) is 146 cm³/mol. The van der Waals surface area contributed by atoms with Gasteiger partial charge >= 0.3 is 0 Å². The Morgan fingerprint density at radius 2 is 1.65 bits per heavy atom. The van der Waals surface area contributed by atoms with E-state index in [4.69, 9.17) is 0 Å². The number of hydrogen-bond acceptors (Lipinski definition) is 2. The maximum absolute atomic E-state index is 4.32. The van der Waals surface area contributed by atoms with Gasteiger partial charge in [0.15, 0.2) is 0 Å². The highest BCUT2D eigenvalue weighted by atomic mass is 15.0. The van der Waals surface area contributed by atoms with Crippen LogP contribution < -0.4 is 0 Å². The molecule has 4 rings (SSSR count). The molecule has 2 aromatic heterocycles. The fourth-order valence-corrected chi connectivity index (χ4v) is 4.35. The van der Waals surface area contributed by atoms with Crippen molar-refractivity contribution in [2.75, 3.05) is 7.05 Å². The van der Waals surface area contributed by atoms with Gasteiger partial charge in [-0.1, -0.05) is 66.8 Å². The van der Waals surface area contributed by atoms with Crippen molar-refractivity contribution in [3.05, 3.63) is 125 Å². The average Bonchev–Trinajstić information content (AvgIpc) is 3.14. The number of fused-ring (bicyclic) bond motifs is 1. The Balaban J connectivity index is 1.58. The second kappa shape index (κ2) is 10.8. The summed E-state index contributed by atoms with van der Waals surface area (Å²) in [5.74, 6) is 0. The first-order chi connectivity index (χ1) is 16.7. The van der Waals surface area contributed by atoms with Crippen LogP contribution in [0.1, 0.15) is 41.8 Å². The van der Waals surface area contributed by atoms with E-state index in [1.165, 1.54) is 28.0 Å². The molecular weight excluding hydrogens is 414 g/mol. The molecule has 0 saturated heterocycles. The van der Waals surface area contributed by atoms with Crippen LogP contribution in [0, 0.1) is 6.92 Å². The zero-order valence-electron chi connectivity index (χ0n) is 20.4. The van der Waals surface area contributed by atoms with Gasteiger partial charge in [-0.25, -0.2) is 0 Å². The average molecular weight is 446 g/mol. The molecule has 0 N–H and O–H groups in total. The van der Waals surface area contributed by atoms with E-state index in [0.717, 1.165) is 28.6 Å². The van der Waals surface area contributed by atoms with Crippen LogP contribution in [-0.4, -0.2) is 22.8 Å². The molecule has 0 saturated carbocycles. The highest BCUT2D eigenvalue weighted by Gasteiger charge is 2.14. The molecule has 0 aliphatic rings. The van der Waals surface area contributed by atoms with Crippen LogP contribution in [-0.2, 0) is 6.42 Å². The fourth-order valence-electron chi connectivity index (χ4n) is 4.35. The normalized spacial score (nSPS) is 12.6. The third-order valence-corrected chi connectivity index (χ3v) is 6.02. The third-order valence-electron chi connectivity index (χ3n) is 6.02. The first-order valence-corrected chi connectivity index (χ1v) is 11.7. The molecule has 3 heteroatoms. The smallest absolute Gasteiger partial charge is 0.0569 e. The van der Waals surface area contributed by atoms with Gasteiger partial charge in [0.25, 0.3) is 0 Å². The topological polar surface area (TPSA) is 30.2 Å². The van der Waals surface area contributed by atoms with Gasteiger partial charge in [0, 0.05) is 48.0 Å². The van der Waals surface area contributed by atoms with Crippen molar-refractivity contribution in [2.45, 2.75) is 27.2 Å². The molecule has 0 fully saturated rings. The van der Waals surface area contributed by atoms with Crippen LogP contribution >= 0.6 is 0 Å². The Hall–Kier alpha value is -3.98. The molecule has 0 bridgehead atoms. The van der Waals surface area contributed by atoms with Gasteiger partial charge in [-0.05, 0) is 67.7 Å².